The van der Waals surface area contributed by atoms with Gasteiger partial charge in [0, 0.05) is 34.9 Å². The van der Waals surface area contributed by atoms with Gasteiger partial charge in [0.15, 0.2) is 34.5 Å². The molecular formula is C40H43NO9. The van der Waals surface area contributed by atoms with E-state index in [1.54, 1.807) is 64.0 Å². The molecule has 6 rings (SSSR count). The second-order valence-corrected chi connectivity index (χ2v) is 11.8. The Morgan fingerprint density at radius 1 is 0.400 bits per heavy atom. The highest BCUT2D eigenvalue weighted by Gasteiger charge is 2.33. The van der Waals surface area contributed by atoms with Gasteiger partial charge in [0.25, 0.3) is 0 Å². The number of pyridine rings is 1. The summed E-state index contributed by atoms with van der Waals surface area (Å²) in [6, 6.07) is 11.4. The molecule has 0 amide bonds. The third kappa shape index (κ3) is 5.99. The molecule has 0 atom stereocenters. The van der Waals surface area contributed by atoms with Crippen LogP contribution >= 0.6 is 0 Å². The van der Waals surface area contributed by atoms with Crippen molar-refractivity contribution in [3.8, 4) is 62.9 Å². The van der Waals surface area contributed by atoms with Crippen LogP contribution in [0.3, 0.4) is 0 Å². The standard InChI is InChI=1S/C40H43NO9/c1-42-29-19-35(48-7)32(45-4)16-24(29)14-22-10-12-26-38(28-18-34(47-6)37(50-9)21-31(28)44-3)27-13-11-23(40(27)41-39(22)26)15-25-17-33(46-5)36(49-8)20-30(25)43-2/h14-21H,10-13H2,1-9H3. The van der Waals surface area contributed by atoms with E-state index in [2.05, 4.69) is 12.2 Å². The lowest BCUT2D eigenvalue weighted by molar-refractivity contribution is 0.348. The molecule has 10 heteroatoms. The predicted octanol–water partition coefficient (Wildman–Crippen LogP) is 7.80. The van der Waals surface area contributed by atoms with Crippen LogP contribution in [0.1, 0.15) is 46.5 Å². The average Bonchev–Trinajstić information content (AvgIpc) is 3.75. The van der Waals surface area contributed by atoms with Crippen LogP contribution in [0.4, 0.5) is 0 Å². The first-order valence-corrected chi connectivity index (χ1v) is 16.2. The van der Waals surface area contributed by atoms with E-state index >= 15 is 0 Å². The Labute approximate surface area is 293 Å². The zero-order valence-electron chi connectivity index (χ0n) is 30.1. The summed E-state index contributed by atoms with van der Waals surface area (Å²) in [5.74, 6) is 5.68. The molecule has 50 heavy (non-hydrogen) atoms. The monoisotopic (exact) mass is 681 g/mol. The molecule has 0 fully saturated rings. The van der Waals surface area contributed by atoms with Crippen LogP contribution in [-0.2, 0) is 12.8 Å². The first-order chi connectivity index (χ1) is 24.4. The van der Waals surface area contributed by atoms with Crippen LogP contribution in [0.2, 0.25) is 0 Å². The summed E-state index contributed by atoms with van der Waals surface area (Å²) in [4.78, 5) is 5.44. The number of rotatable bonds is 12. The van der Waals surface area contributed by atoms with E-state index in [1.165, 1.54) is 0 Å². The van der Waals surface area contributed by atoms with Gasteiger partial charge in [-0.05, 0) is 83.9 Å². The maximum absolute atomic E-state index is 5.99. The molecule has 3 aromatic carbocycles. The summed E-state index contributed by atoms with van der Waals surface area (Å²) < 4.78 is 51.3. The Balaban J connectivity index is 1.62. The summed E-state index contributed by atoms with van der Waals surface area (Å²) in [6.45, 7) is 0. The van der Waals surface area contributed by atoms with Crippen molar-refractivity contribution in [1.29, 1.82) is 0 Å². The van der Waals surface area contributed by atoms with Gasteiger partial charge in [-0.15, -0.1) is 0 Å². The van der Waals surface area contributed by atoms with E-state index in [9.17, 15) is 0 Å². The minimum Gasteiger partial charge on any atom is -0.496 e. The minimum atomic E-state index is 0.595. The molecule has 2 aliphatic rings. The predicted molar refractivity (Wildman–Crippen MR) is 194 cm³/mol. The third-order valence-electron chi connectivity index (χ3n) is 9.40. The molecule has 0 N–H and O–H groups in total. The zero-order chi connectivity index (χ0) is 35.5. The van der Waals surface area contributed by atoms with Gasteiger partial charge < -0.3 is 42.6 Å². The first-order valence-electron chi connectivity index (χ1n) is 16.2. The van der Waals surface area contributed by atoms with E-state index in [-0.39, 0.29) is 0 Å². The van der Waals surface area contributed by atoms with Crippen molar-refractivity contribution in [2.24, 2.45) is 0 Å². The van der Waals surface area contributed by atoms with Crippen molar-refractivity contribution in [2.75, 3.05) is 64.0 Å². The summed E-state index contributed by atoms with van der Waals surface area (Å²) >= 11 is 0. The normalized spacial score (nSPS) is 14.7. The molecule has 1 heterocycles. The van der Waals surface area contributed by atoms with E-state index in [0.29, 0.717) is 51.7 Å². The van der Waals surface area contributed by atoms with Gasteiger partial charge in [0.2, 0.25) is 0 Å². The van der Waals surface area contributed by atoms with Gasteiger partial charge >= 0.3 is 0 Å². The Hall–Kier alpha value is -5.51. The lowest BCUT2D eigenvalue weighted by Crippen LogP contribution is -2.03. The number of ether oxygens (including phenoxy) is 9. The molecule has 4 aromatic rings. The number of nitrogens with zero attached hydrogens (tertiary/aromatic N) is 1. The molecule has 0 unspecified atom stereocenters. The molecular weight excluding hydrogens is 638 g/mol. The number of hydrogen-bond donors (Lipinski definition) is 0. The number of benzene rings is 3. The first kappa shape index (κ1) is 34.4. The molecule has 0 aliphatic heterocycles. The summed E-state index contributed by atoms with van der Waals surface area (Å²) in [6.07, 6.45) is 7.44. The van der Waals surface area contributed by atoms with E-state index in [0.717, 1.165) is 81.6 Å². The highest BCUT2D eigenvalue weighted by atomic mass is 16.5. The Morgan fingerprint density at radius 3 is 1.12 bits per heavy atom. The molecule has 0 radical (unpaired) electrons. The van der Waals surface area contributed by atoms with Crippen molar-refractivity contribution in [3.05, 3.63) is 70.0 Å². The van der Waals surface area contributed by atoms with E-state index < -0.39 is 0 Å². The van der Waals surface area contributed by atoms with Gasteiger partial charge in [-0.2, -0.15) is 0 Å². The second-order valence-electron chi connectivity index (χ2n) is 11.8. The smallest absolute Gasteiger partial charge is 0.164 e. The van der Waals surface area contributed by atoms with Crippen molar-refractivity contribution >= 4 is 23.3 Å². The topological polar surface area (TPSA) is 96.0 Å². The van der Waals surface area contributed by atoms with Gasteiger partial charge in [-0.25, -0.2) is 4.98 Å². The van der Waals surface area contributed by atoms with E-state index in [1.807, 2.05) is 36.4 Å². The summed E-state index contributed by atoms with van der Waals surface area (Å²) in [5, 5.41) is 0. The Kier molecular flexibility index (Phi) is 9.99. The number of hydrogen-bond acceptors (Lipinski definition) is 10. The number of methoxy groups -OCH3 is 9. The maximum atomic E-state index is 5.99. The quantitative estimate of drug-likeness (QED) is 0.147. The minimum absolute atomic E-state index is 0.595. The lowest BCUT2D eigenvalue weighted by Gasteiger charge is -2.19. The van der Waals surface area contributed by atoms with Crippen molar-refractivity contribution in [2.45, 2.75) is 25.7 Å². The molecule has 1 aromatic heterocycles. The van der Waals surface area contributed by atoms with E-state index in [4.69, 9.17) is 47.6 Å². The Morgan fingerprint density at radius 2 is 0.740 bits per heavy atom. The van der Waals surface area contributed by atoms with Crippen LogP contribution < -0.4 is 42.6 Å². The third-order valence-corrected chi connectivity index (χ3v) is 9.40. The maximum Gasteiger partial charge on any atom is 0.164 e. The van der Waals surface area contributed by atoms with Crippen molar-refractivity contribution < 1.29 is 42.6 Å². The fraction of sp³-hybridized carbons (Fsp3) is 0.325. The van der Waals surface area contributed by atoms with Crippen molar-refractivity contribution in [3.63, 3.8) is 0 Å². The second kappa shape index (κ2) is 14.5. The highest BCUT2D eigenvalue weighted by molar-refractivity contribution is 5.95. The fourth-order valence-electron chi connectivity index (χ4n) is 6.98. The number of allylic oxidation sites excluding steroid dienone is 2. The van der Waals surface area contributed by atoms with Crippen LogP contribution in [-0.4, -0.2) is 69.0 Å². The molecule has 0 saturated carbocycles. The zero-order valence-corrected chi connectivity index (χ0v) is 30.1. The molecule has 262 valence electrons. The summed E-state index contributed by atoms with van der Waals surface area (Å²) in [5.41, 5.74) is 10.1. The van der Waals surface area contributed by atoms with Crippen LogP contribution in [0.25, 0.3) is 34.4 Å². The average molecular weight is 682 g/mol. The number of aromatic nitrogens is 1. The van der Waals surface area contributed by atoms with Gasteiger partial charge in [0.1, 0.15) is 17.2 Å². The highest BCUT2D eigenvalue weighted by Crippen LogP contribution is 2.51. The summed E-state index contributed by atoms with van der Waals surface area (Å²) in [7, 11) is 14.7. The van der Waals surface area contributed by atoms with Crippen LogP contribution in [0.15, 0.2) is 36.4 Å². The van der Waals surface area contributed by atoms with Crippen LogP contribution in [0, 0.1) is 0 Å². The van der Waals surface area contributed by atoms with Crippen LogP contribution in [0.5, 0.6) is 51.7 Å². The molecule has 10 nitrogen and oxygen atoms in total. The Bertz CT molecular complexity index is 1890. The number of fused-ring (bicyclic) bond motifs is 2. The molecule has 0 saturated heterocycles. The van der Waals surface area contributed by atoms with Gasteiger partial charge in [-0.3, -0.25) is 0 Å². The van der Waals surface area contributed by atoms with Crippen molar-refractivity contribution in [1.82, 2.24) is 4.98 Å². The van der Waals surface area contributed by atoms with Gasteiger partial charge in [-0.1, -0.05) is 0 Å². The molecule has 2 aliphatic carbocycles. The van der Waals surface area contributed by atoms with Gasteiger partial charge in [0.05, 0.1) is 75.4 Å². The fourth-order valence-corrected chi connectivity index (χ4v) is 6.98. The molecule has 0 spiro atoms. The molecule has 0 bridgehead atoms. The SMILES string of the molecule is COc1cc(OC)c(OC)cc1C=C1CCc2c1nc1c(c2-c2cc(OC)c(OC)cc2OC)CCC1=Cc1cc(OC)c(OC)cc1OC. The lowest BCUT2D eigenvalue weighted by atomic mass is 9.91. The largest absolute Gasteiger partial charge is 0.496 e.